The Kier molecular flexibility index (Phi) is 7.94. The Morgan fingerprint density at radius 2 is 1.83 bits per heavy atom. The Bertz CT molecular complexity index is 841. The Hall–Kier alpha value is -3.22. The minimum absolute atomic E-state index is 0.0859. The second-order valence-electron chi connectivity index (χ2n) is 7.13. The number of hydrogen-bond donors (Lipinski definition) is 2. The van der Waals surface area contributed by atoms with Crippen LogP contribution in [0.25, 0.3) is 0 Å². The SMILES string of the molecule is CCNC(=NCC1COc2ccccc2O1)NCCC(=O)N(C)Cc1ccccc1. The lowest BCUT2D eigenvalue weighted by molar-refractivity contribution is -0.130. The Labute approximate surface area is 178 Å². The molecule has 0 spiro atoms. The normalized spacial score (nSPS) is 15.4. The highest BCUT2D eigenvalue weighted by atomic mass is 16.6. The molecule has 0 bridgehead atoms. The number of hydrogen-bond acceptors (Lipinski definition) is 4. The Balaban J connectivity index is 1.44. The van der Waals surface area contributed by atoms with Gasteiger partial charge in [0, 0.05) is 33.1 Å². The number of amides is 1. The van der Waals surface area contributed by atoms with Crippen molar-refractivity contribution in [1.29, 1.82) is 0 Å². The highest BCUT2D eigenvalue weighted by molar-refractivity contribution is 5.81. The molecule has 1 aliphatic heterocycles. The van der Waals surface area contributed by atoms with Gasteiger partial charge in [0.15, 0.2) is 23.6 Å². The average Bonchev–Trinajstić information content (AvgIpc) is 2.78. The number of aliphatic imine (C=N–C) groups is 1. The van der Waals surface area contributed by atoms with E-state index in [4.69, 9.17) is 9.47 Å². The third-order valence-corrected chi connectivity index (χ3v) is 4.68. The van der Waals surface area contributed by atoms with Gasteiger partial charge in [-0.25, -0.2) is 4.99 Å². The molecule has 0 radical (unpaired) electrons. The lowest BCUT2D eigenvalue weighted by atomic mass is 10.2. The first-order valence-electron chi connectivity index (χ1n) is 10.3. The summed E-state index contributed by atoms with van der Waals surface area (Å²) in [6, 6.07) is 17.6. The fourth-order valence-corrected chi connectivity index (χ4v) is 3.11. The fraction of sp³-hybridized carbons (Fsp3) is 0.391. The van der Waals surface area contributed by atoms with Crippen molar-refractivity contribution in [2.75, 3.05) is 33.3 Å². The van der Waals surface area contributed by atoms with Crippen LogP contribution in [0.1, 0.15) is 18.9 Å². The minimum Gasteiger partial charge on any atom is -0.486 e. The predicted molar refractivity (Wildman–Crippen MR) is 118 cm³/mol. The van der Waals surface area contributed by atoms with Crippen molar-refractivity contribution in [3.05, 3.63) is 60.2 Å². The largest absolute Gasteiger partial charge is 0.486 e. The maximum absolute atomic E-state index is 12.4. The third kappa shape index (κ3) is 6.40. The third-order valence-electron chi connectivity index (χ3n) is 4.68. The van der Waals surface area contributed by atoms with E-state index >= 15 is 0 Å². The van der Waals surface area contributed by atoms with Crippen LogP contribution in [0.4, 0.5) is 0 Å². The quantitative estimate of drug-likeness (QED) is 0.516. The maximum Gasteiger partial charge on any atom is 0.224 e. The van der Waals surface area contributed by atoms with Crippen molar-refractivity contribution in [3.8, 4) is 11.5 Å². The van der Waals surface area contributed by atoms with Crippen molar-refractivity contribution in [3.63, 3.8) is 0 Å². The molecule has 2 N–H and O–H groups in total. The first-order valence-corrected chi connectivity index (χ1v) is 10.3. The van der Waals surface area contributed by atoms with Gasteiger partial charge in [-0.2, -0.15) is 0 Å². The van der Waals surface area contributed by atoms with Gasteiger partial charge in [-0.05, 0) is 24.6 Å². The van der Waals surface area contributed by atoms with E-state index in [-0.39, 0.29) is 12.0 Å². The summed E-state index contributed by atoms with van der Waals surface area (Å²) in [5, 5.41) is 6.43. The number of carbonyl (C=O) groups excluding carboxylic acids is 1. The fourth-order valence-electron chi connectivity index (χ4n) is 3.11. The van der Waals surface area contributed by atoms with Gasteiger partial charge in [-0.3, -0.25) is 4.79 Å². The minimum atomic E-state index is -0.144. The molecule has 0 saturated carbocycles. The molecular formula is C23H30N4O3. The molecule has 30 heavy (non-hydrogen) atoms. The standard InChI is InChI=1S/C23H30N4O3/c1-3-24-23(26-15-19-17-29-20-11-7-8-12-21(20)30-19)25-14-13-22(28)27(2)16-18-9-5-4-6-10-18/h4-12,19H,3,13-17H2,1-2H3,(H2,24,25,26). The molecule has 3 rings (SSSR count). The van der Waals surface area contributed by atoms with Crippen LogP contribution < -0.4 is 20.1 Å². The second kappa shape index (κ2) is 11.1. The van der Waals surface area contributed by atoms with Gasteiger partial charge >= 0.3 is 0 Å². The molecule has 0 saturated heterocycles. The van der Waals surface area contributed by atoms with Crippen LogP contribution in [-0.4, -0.2) is 56.2 Å². The summed E-state index contributed by atoms with van der Waals surface area (Å²) < 4.78 is 11.7. The first-order chi connectivity index (χ1) is 14.7. The van der Waals surface area contributed by atoms with Crippen LogP contribution >= 0.6 is 0 Å². The van der Waals surface area contributed by atoms with Crippen LogP contribution in [0, 0.1) is 0 Å². The molecule has 2 aromatic carbocycles. The van der Waals surface area contributed by atoms with Gasteiger partial charge in [-0.15, -0.1) is 0 Å². The molecule has 0 aromatic heterocycles. The number of fused-ring (bicyclic) bond motifs is 1. The summed E-state index contributed by atoms with van der Waals surface area (Å²) in [5.41, 5.74) is 1.12. The molecule has 1 aliphatic rings. The van der Waals surface area contributed by atoms with Crippen molar-refractivity contribution < 1.29 is 14.3 Å². The Morgan fingerprint density at radius 3 is 2.60 bits per heavy atom. The van der Waals surface area contributed by atoms with Crippen molar-refractivity contribution in [2.24, 2.45) is 4.99 Å². The van der Waals surface area contributed by atoms with E-state index < -0.39 is 0 Å². The Morgan fingerprint density at radius 1 is 1.10 bits per heavy atom. The van der Waals surface area contributed by atoms with E-state index in [0.29, 0.717) is 38.6 Å². The number of carbonyl (C=O) groups is 1. The molecule has 1 heterocycles. The number of rotatable bonds is 8. The molecule has 1 amide bonds. The lowest BCUT2D eigenvalue weighted by Gasteiger charge is -2.25. The van der Waals surface area contributed by atoms with Crippen LogP contribution in [0.2, 0.25) is 0 Å². The molecular weight excluding hydrogens is 380 g/mol. The summed E-state index contributed by atoms with van der Waals surface area (Å²) >= 11 is 0. The molecule has 1 unspecified atom stereocenters. The van der Waals surface area contributed by atoms with Crippen molar-refractivity contribution >= 4 is 11.9 Å². The van der Waals surface area contributed by atoms with Crippen LogP contribution in [0.15, 0.2) is 59.6 Å². The zero-order valence-electron chi connectivity index (χ0n) is 17.6. The summed E-state index contributed by atoms with van der Waals surface area (Å²) in [5.74, 6) is 2.26. The summed E-state index contributed by atoms with van der Waals surface area (Å²) in [6.07, 6.45) is 0.249. The number of ether oxygens (including phenoxy) is 2. The molecule has 0 fully saturated rings. The summed E-state index contributed by atoms with van der Waals surface area (Å²) in [4.78, 5) is 18.7. The highest BCUT2D eigenvalue weighted by Gasteiger charge is 2.20. The zero-order valence-corrected chi connectivity index (χ0v) is 17.6. The second-order valence-corrected chi connectivity index (χ2v) is 7.13. The average molecular weight is 411 g/mol. The van der Waals surface area contributed by atoms with Crippen molar-refractivity contribution in [2.45, 2.75) is 26.0 Å². The van der Waals surface area contributed by atoms with Gasteiger partial charge in [-0.1, -0.05) is 42.5 Å². The molecule has 160 valence electrons. The summed E-state index contributed by atoms with van der Waals surface area (Å²) in [7, 11) is 1.83. The molecule has 2 aromatic rings. The van der Waals surface area contributed by atoms with Gasteiger partial charge in [0.1, 0.15) is 6.61 Å². The molecule has 0 aliphatic carbocycles. The lowest BCUT2D eigenvalue weighted by Crippen LogP contribution is -2.41. The van der Waals surface area contributed by atoms with E-state index in [9.17, 15) is 4.79 Å². The van der Waals surface area contributed by atoms with E-state index in [1.165, 1.54) is 0 Å². The van der Waals surface area contributed by atoms with Gasteiger partial charge in [0.2, 0.25) is 5.91 Å². The van der Waals surface area contributed by atoms with E-state index in [2.05, 4.69) is 15.6 Å². The smallest absolute Gasteiger partial charge is 0.224 e. The molecule has 1 atom stereocenters. The summed E-state index contributed by atoms with van der Waals surface area (Å²) in [6.45, 7) is 4.78. The number of para-hydroxylation sites is 2. The number of nitrogens with one attached hydrogen (secondary N) is 2. The topological polar surface area (TPSA) is 75.2 Å². The zero-order chi connectivity index (χ0) is 21.2. The van der Waals surface area contributed by atoms with Crippen LogP contribution in [-0.2, 0) is 11.3 Å². The van der Waals surface area contributed by atoms with Gasteiger partial charge in [0.25, 0.3) is 0 Å². The number of guanidine groups is 1. The van der Waals surface area contributed by atoms with E-state index in [1.807, 2.05) is 68.6 Å². The van der Waals surface area contributed by atoms with Gasteiger partial charge < -0.3 is 25.0 Å². The van der Waals surface area contributed by atoms with E-state index in [1.54, 1.807) is 4.90 Å². The maximum atomic E-state index is 12.4. The predicted octanol–water partition coefficient (Wildman–Crippen LogP) is 2.43. The molecule has 7 nitrogen and oxygen atoms in total. The number of benzene rings is 2. The molecule has 7 heteroatoms. The van der Waals surface area contributed by atoms with Crippen LogP contribution in [0.3, 0.4) is 0 Å². The monoisotopic (exact) mass is 410 g/mol. The first kappa shape index (κ1) is 21.5. The number of nitrogens with zero attached hydrogens (tertiary/aromatic N) is 2. The van der Waals surface area contributed by atoms with Gasteiger partial charge in [0.05, 0.1) is 6.54 Å². The van der Waals surface area contributed by atoms with Crippen molar-refractivity contribution in [1.82, 2.24) is 15.5 Å². The van der Waals surface area contributed by atoms with E-state index in [0.717, 1.165) is 23.6 Å². The van der Waals surface area contributed by atoms with Crippen LogP contribution in [0.5, 0.6) is 11.5 Å². The highest BCUT2D eigenvalue weighted by Crippen LogP contribution is 2.30.